The molecule has 0 saturated carbocycles. The van der Waals surface area contributed by atoms with Gasteiger partial charge in [-0.25, -0.2) is 4.79 Å². The topological polar surface area (TPSA) is 38.7 Å². The van der Waals surface area contributed by atoms with Crippen LogP contribution in [0.4, 0.5) is 0 Å². The molecule has 0 aliphatic rings. The Morgan fingerprint density at radius 3 is 2.71 bits per heavy atom. The number of rotatable bonds is 1. The zero-order valence-corrected chi connectivity index (χ0v) is 4.05. The third-order valence-corrected chi connectivity index (χ3v) is 0.256. The van der Waals surface area contributed by atoms with Crippen LogP contribution in [0.2, 0.25) is 0 Å². The Morgan fingerprint density at radius 1 is 2.00 bits per heavy atom. The van der Waals surface area contributed by atoms with Gasteiger partial charge in [0, 0.05) is 13.1 Å². The second kappa shape index (κ2) is 3.33. The fraction of sp³-hybridized carbons (Fsp3) is 0.250. The van der Waals surface area contributed by atoms with Crippen molar-refractivity contribution in [1.29, 1.82) is 0 Å². The molecule has 0 fully saturated rings. The van der Waals surface area contributed by atoms with Crippen LogP contribution in [0, 0.1) is 6.92 Å². The molecule has 0 aliphatic carbocycles. The summed E-state index contributed by atoms with van der Waals surface area (Å²) in [6.07, 6.45) is 1.15. The average molecular weight is 100 g/mol. The normalized spacial score (nSPS) is 9.43. The van der Waals surface area contributed by atoms with Gasteiger partial charge in [-0.3, -0.25) is 0 Å². The fourth-order valence-corrected chi connectivity index (χ4v) is 0.111. The van der Waals surface area contributed by atoms with Gasteiger partial charge in [-0.1, -0.05) is 5.16 Å². The Balaban J connectivity index is 3.14. The monoisotopic (exact) mass is 100 g/mol. The van der Waals surface area contributed by atoms with E-state index in [4.69, 9.17) is 0 Å². The van der Waals surface area contributed by atoms with Crippen molar-refractivity contribution in [2.75, 3.05) is 0 Å². The van der Waals surface area contributed by atoms with E-state index in [-0.39, 0.29) is 0 Å². The Labute approximate surface area is 42.0 Å². The van der Waals surface area contributed by atoms with E-state index in [2.05, 4.69) is 16.9 Å². The highest BCUT2D eigenvalue weighted by Crippen LogP contribution is 1.72. The smallest absolute Gasteiger partial charge is 0.319 e. The van der Waals surface area contributed by atoms with Crippen molar-refractivity contribution >= 4 is 12.2 Å². The van der Waals surface area contributed by atoms with Crippen molar-refractivity contribution < 1.29 is 9.63 Å². The van der Waals surface area contributed by atoms with E-state index >= 15 is 0 Å². The lowest BCUT2D eigenvalue weighted by Crippen LogP contribution is -1.89. The molecule has 0 aromatic carbocycles. The summed E-state index contributed by atoms with van der Waals surface area (Å²) in [7, 11) is 0. The Hall–Kier alpha value is -0.860. The summed E-state index contributed by atoms with van der Waals surface area (Å²) in [5.41, 5.74) is 0. The highest BCUT2D eigenvalue weighted by molar-refractivity contribution is 5.68. The molecule has 1 radical (unpaired) electrons. The molecule has 0 bridgehead atoms. The van der Waals surface area contributed by atoms with Crippen molar-refractivity contribution in [3.8, 4) is 0 Å². The minimum Gasteiger partial charge on any atom is -0.319 e. The summed E-state index contributed by atoms with van der Waals surface area (Å²) in [6.45, 7) is 4.46. The standard InChI is InChI=1S/C4H6NO2/c1-3-5-7-4(2)6/h3H,1H2,2H3/b5-3-. The van der Waals surface area contributed by atoms with Gasteiger partial charge in [-0.15, -0.1) is 0 Å². The summed E-state index contributed by atoms with van der Waals surface area (Å²) in [5, 5.41) is 3.09. The number of carbonyl (C=O) groups excluding carboxylic acids is 1. The first-order valence-electron chi connectivity index (χ1n) is 1.76. The van der Waals surface area contributed by atoms with Crippen LogP contribution in [-0.2, 0) is 9.63 Å². The SMILES string of the molecule is [CH2]/C=N\OC(C)=O. The largest absolute Gasteiger partial charge is 0.331 e. The molecule has 0 spiro atoms. The minimum absolute atomic E-state index is 0.431. The minimum atomic E-state index is -0.431. The maximum atomic E-state index is 9.84. The maximum absolute atomic E-state index is 9.84. The Morgan fingerprint density at radius 2 is 2.57 bits per heavy atom. The lowest BCUT2D eigenvalue weighted by Gasteiger charge is -1.82. The lowest BCUT2D eigenvalue weighted by molar-refractivity contribution is -0.140. The molecule has 0 unspecified atom stereocenters. The molecule has 0 N–H and O–H groups in total. The summed E-state index contributed by atoms with van der Waals surface area (Å²) >= 11 is 0. The van der Waals surface area contributed by atoms with Gasteiger partial charge in [0.15, 0.2) is 0 Å². The van der Waals surface area contributed by atoms with E-state index in [1.54, 1.807) is 0 Å². The zero-order chi connectivity index (χ0) is 5.70. The molecule has 0 aromatic rings. The Bertz CT molecular complexity index is 87.7. The zero-order valence-electron chi connectivity index (χ0n) is 4.05. The number of nitrogens with zero attached hydrogens (tertiary/aromatic N) is 1. The van der Waals surface area contributed by atoms with Crippen LogP contribution in [0.25, 0.3) is 0 Å². The van der Waals surface area contributed by atoms with Crippen molar-refractivity contribution in [3.63, 3.8) is 0 Å². The second-order valence-electron chi connectivity index (χ2n) is 0.871. The van der Waals surface area contributed by atoms with Crippen LogP contribution in [0.15, 0.2) is 5.16 Å². The molecule has 0 aromatic heterocycles. The van der Waals surface area contributed by atoms with E-state index < -0.39 is 5.97 Å². The predicted molar refractivity (Wildman–Crippen MR) is 25.6 cm³/mol. The molecule has 7 heavy (non-hydrogen) atoms. The summed E-state index contributed by atoms with van der Waals surface area (Å²) in [5.74, 6) is -0.431. The molecular formula is C4H6NO2. The number of carbonyl (C=O) groups is 1. The Kier molecular flexibility index (Phi) is 2.92. The molecule has 0 rings (SSSR count). The van der Waals surface area contributed by atoms with Gasteiger partial charge in [-0.05, 0) is 6.92 Å². The molecule has 0 saturated heterocycles. The average Bonchev–Trinajstić information content (AvgIpc) is 1.61. The summed E-state index contributed by atoms with van der Waals surface area (Å²) in [4.78, 5) is 13.9. The quantitative estimate of drug-likeness (QED) is 0.271. The van der Waals surface area contributed by atoms with Crippen LogP contribution in [0.5, 0.6) is 0 Å². The highest BCUT2D eigenvalue weighted by Gasteiger charge is 1.82. The fourth-order valence-electron chi connectivity index (χ4n) is 0.111. The van der Waals surface area contributed by atoms with Gasteiger partial charge in [0.25, 0.3) is 0 Å². The van der Waals surface area contributed by atoms with Crippen LogP contribution >= 0.6 is 0 Å². The van der Waals surface area contributed by atoms with Gasteiger partial charge in [0.1, 0.15) is 0 Å². The van der Waals surface area contributed by atoms with Gasteiger partial charge in [0.2, 0.25) is 0 Å². The summed E-state index contributed by atoms with van der Waals surface area (Å²) < 4.78 is 0. The third kappa shape index (κ3) is 5.14. The molecule has 0 atom stereocenters. The highest BCUT2D eigenvalue weighted by atomic mass is 16.7. The van der Waals surface area contributed by atoms with Crippen molar-refractivity contribution in [2.45, 2.75) is 6.92 Å². The molecule has 39 valence electrons. The predicted octanol–water partition coefficient (Wildman–Crippen LogP) is 0.369. The van der Waals surface area contributed by atoms with E-state index in [1.807, 2.05) is 0 Å². The first-order valence-corrected chi connectivity index (χ1v) is 1.76. The van der Waals surface area contributed by atoms with E-state index in [0.29, 0.717) is 0 Å². The third-order valence-electron chi connectivity index (χ3n) is 0.256. The van der Waals surface area contributed by atoms with Crippen molar-refractivity contribution in [1.82, 2.24) is 0 Å². The molecule has 0 aliphatic heterocycles. The van der Waals surface area contributed by atoms with E-state index in [9.17, 15) is 4.79 Å². The maximum Gasteiger partial charge on any atom is 0.331 e. The molecule has 0 amide bonds. The first kappa shape index (κ1) is 6.14. The van der Waals surface area contributed by atoms with Crippen molar-refractivity contribution in [2.24, 2.45) is 5.16 Å². The molecule has 3 nitrogen and oxygen atoms in total. The molecule has 3 heteroatoms. The van der Waals surface area contributed by atoms with E-state index in [1.165, 1.54) is 6.92 Å². The summed E-state index contributed by atoms with van der Waals surface area (Å²) in [6, 6.07) is 0. The number of oxime groups is 1. The first-order chi connectivity index (χ1) is 3.27. The number of hydrogen-bond donors (Lipinski definition) is 0. The van der Waals surface area contributed by atoms with Crippen LogP contribution < -0.4 is 0 Å². The number of hydrogen-bond acceptors (Lipinski definition) is 3. The second-order valence-corrected chi connectivity index (χ2v) is 0.871. The van der Waals surface area contributed by atoms with E-state index in [0.717, 1.165) is 6.21 Å². The van der Waals surface area contributed by atoms with Crippen LogP contribution in [0.1, 0.15) is 6.92 Å². The molecule has 0 heterocycles. The lowest BCUT2D eigenvalue weighted by atomic mass is 10.8. The van der Waals surface area contributed by atoms with Gasteiger partial charge >= 0.3 is 5.97 Å². The van der Waals surface area contributed by atoms with Gasteiger partial charge in [-0.2, -0.15) is 0 Å². The molecular weight excluding hydrogens is 94.0 g/mol. The van der Waals surface area contributed by atoms with Crippen LogP contribution in [-0.4, -0.2) is 12.2 Å². The van der Waals surface area contributed by atoms with Gasteiger partial charge in [0.05, 0.1) is 0 Å². The van der Waals surface area contributed by atoms with Crippen molar-refractivity contribution in [3.05, 3.63) is 6.92 Å². The van der Waals surface area contributed by atoms with Gasteiger partial charge < -0.3 is 4.84 Å². The van der Waals surface area contributed by atoms with Crippen LogP contribution in [0.3, 0.4) is 0 Å².